The third kappa shape index (κ3) is 3.40. The van der Waals surface area contributed by atoms with Gasteiger partial charge in [0.15, 0.2) is 0 Å². The lowest BCUT2D eigenvalue weighted by atomic mass is 10.0. The fraction of sp³-hybridized carbons (Fsp3) is 0.533. The average molecular weight is 280 g/mol. The predicted octanol–water partition coefficient (Wildman–Crippen LogP) is 3.49. The van der Waals surface area contributed by atoms with E-state index in [9.17, 15) is 9.18 Å². The molecule has 0 radical (unpaired) electrons. The molecule has 0 spiro atoms. The summed E-state index contributed by atoms with van der Waals surface area (Å²) in [4.78, 5) is 11.0. The fourth-order valence-electron chi connectivity index (χ4n) is 2.74. The number of benzene rings is 1. The molecule has 2 rings (SSSR count). The van der Waals surface area contributed by atoms with Crippen molar-refractivity contribution >= 4 is 17.3 Å². The van der Waals surface area contributed by atoms with Gasteiger partial charge in [0.25, 0.3) is 0 Å². The second kappa shape index (κ2) is 6.11. The Hall–Kier alpha value is -1.78. The number of nitrogens with two attached hydrogens (primary N) is 1. The summed E-state index contributed by atoms with van der Waals surface area (Å²) in [6, 6.07) is 2.56. The van der Waals surface area contributed by atoms with Crippen LogP contribution in [0, 0.1) is 11.7 Å². The topological polar surface area (TPSA) is 75.3 Å². The van der Waals surface area contributed by atoms with Crippen LogP contribution in [-0.4, -0.2) is 17.1 Å². The van der Waals surface area contributed by atoms with Crippen LogP contribution in [0.3, 0.4) is 0 Å². The van der Waals surface area contributed by atoms with E-state index in [2.05, 4.69) is 12.2 Å². The Labute approximate surface area is 118 Å². The molecule has 1 aromatic rings. The van der Waals surface area contributed by atoms with Crippen molar-refractivity contribution in [3.05, 3.63) is 23.5 Å². The molecule has 0 amide bonds. The molecule has 1 fully saturated rings. The monoisotopic (exact) mass is 280 g/mol. The molecule has 2 unspecified atom stereocenters. The van der Waals surface area contributed by atoms with Crippen LogP contribution >= 0.6 is 0 Å². The third-order valence-corrected chi connectivity index (χ3v) is 3.99. The molecule has 20 heavy (non-hydrogen) atoms. The van der Waals surface area contributed by atoms with E-state index in [1.165, 1.54) is 12.5 Å². The van der Waals surface area contributed by atoms with Crippen molar-refractivity contribution in [1.82, 2.24) is 0 Å². The zero-order valence-corrected chi connectivity index (χ0v) is 11.7. The van der Waals surface area contributed by atoms with E-state index in [4.69, 9.17) is 10.8 Å². The Morgan fingerprint density at radius 3 is 2.80 bits per heavy atom. The standard InChI is InChI=1S/C15H21FN2O2/c1-9-3-2-4-10(6-5-9)18-14-7-11(15(19)20)13(17)8-12(14)16/h7-10,18H,2-6,17H2,1H3,(H,19,20). The lowest BCUT2D eigenvalue weighted by molar-refractivity contribution is 0.0698. The number of hydrogen-bond donors (Lipinski definition) is 3. The molecule has 0 heterocycles. The van der Waals surface area contributed by atoms with E-state index in [0.29, 0.717) is 5.92 Å². The molecule has 0 saturated heterocycles. The van der Waals surface area contributed by atoms with E-state index in [-0.39, 0.29) is 23.0 Å². The highest BCUT2D eigenvalue weighted by atomic mass is 19.1. The number of carbonyl (C=O) groups is 1. The van der Waals surface area contributed by atoms with Crippen LogP contribution in [0.5, 0.6) is 0 Å². The number of nitrogen functional groups attached to an aromatic ring is 1. The second-order valence-corrected chi connectivity index (χ2v) is 5.68. The van der Waals surface area contributed by atoms with Gasteiger partial charge in [-0.2, -0.15) is 0 Å². The van der Waals surface area contributed by atoms with E-state index in [0.717, 1.165) is 31.7 Å². The van der Waals surface area contributed by atoms with Crippen molar-refractivity contribution in [3.8, 4) is 0 Å². The normalized spacial score (nSPS) is 23.1. The number of hydrogen-bond acceptors (Lipinski definition) is 3. The molecular weight excluding hydrogens is 259 g/mol. The van der Waals surface area contributed by atoms with Crippen LogP contribution in [-0.2, 0) is 0 Å². The first kappa shape index (κ1) is 14.6. The largest absolute Gasteiger partial charge is 0.478 e. The van der Waals surface area contributed by atoms with E-state index >= 15 is 0 Å². The summed E-state index contributed by atoms with van der Waals surface area (Å²) in [6.07, 6.45) is 5.38. The van der Waals surface area contributed by atoms with Crippen molar-refractivity contribution in [2.24, 2.45) is 5.92 Å². The minimum absolute atomic E-state index is 0.0463. The van der Waals surface area contributed by atoms with Gasteiger partial charge in [-0.1, -0.05) is 19.8 Å². The van der Waals surface area contributed by atoms with E-state index in [1.807, 2.05) is 0 Å². The minimum Gasteiger partial charge on any atom is -0.478 e. The number of halogens is 1. The summed E-state index contributed by atoms with van der Waals surface area (Å²) in [6.45, 7) is 2.23. The number of rotatable bonds is 3. The molecule has 0 aromatic heterocycles. The smallest absolute Gasteiger partial charge is 0.337 e. The molecule has 1 aliphatic rings. The van der Waals surface area contributed by atoms with Gasteiger partial charge in [-0.15, -0.1) is 0 Å². The van der Waals surface area contributed by atoms with Gasteiger partial charge in [-0.3, -0.25) is 0 Å². The molecule has 4 N–H and O–H groups in total. The molecule has 4 nitrogen and oxygen atoms in total. The van der Waals surface area contributed by atoms with Crippen LogP contribution in [0.15, 0.2) is 12.1 Å². The van der Waals surface area contributed by atoms with Crippen molar-refractivity contribution in [2.45, 2.75) is 45.1 Å². The Bertz CT molecular complexity index is 505. The number of aromatic carboxylic acids is 1. The van der Waals surface area contributed by atoms with Gasteiger partial charge in [0.1, 0.15) is 5.82 Å². The summed E-state index contributed by atoms with van der Waals surface area (Å²) >= 11 is 0. The Morgan fingerprint density at radius 2 is 2.10 bits per heavy atom. The molecule has 0 bridgehead atoms. The zero-order chi connectivity index (χ0) is 14.7. The van der Waals surface area contributed by atoms with Gasteiger partial charge in [-0.05, 0) is 37.3 Å². The maximum absolute atomic E-state index is 13.9. The van der Waals surface area contributed by atoms with Crippen LogP contribution in [0.25, 0.3) is 0 Å². The molecule has 1 saturated carbocycles. The summed E-state index contributed by atoms with van der Waals surface area (Å²) in [5.41, 5.74) is 5.65. The lowest BCUT2D eigenvalue weighted by Crippen LogP contribution is -2.20. The van der Waals surface area contributed by atoms with Crippen LogP contribution in [0.4, 0.5) is 15.8 Å². The molecule has 110 valence electrons. The zero-order valence-electron chi connectivity index (χ0n) is 11.7. The van der Waals surface area contributed by atoms with E-state index < -0.39 is 11.8 Å². The van der Waals surface area contributed by atoms with Crippen molar-refractivity contribution < 1.29 is 14.3 Å². The second-order valence-electron chi connectivity index (χ2n) is 5.68. The Balaban J connectivity index is 2.16. The Morgan fingerprint density at radius 1 is 1.35 bits per heavy atom. The first-order chi connectivity index (χ1) is 9.47. The third-order valence-electron chi connectivity index (χ3n) is 3.99. The van der Waals surface area contributed by atoms with E-state index in [1.54, 1.807) is 0 Å². The minimum atomic E-state index is -1.14. The number of carboxylic acids is 1. The maximum atomic E-state index is 13.9. The first-order valence-corrected chi connectivity index (χ1v) is 7.06. The van der Waals surface area contributed by atoms with Gasteiger partial charge < -0.3 is 16.2 Å². The summed E-state index contributed by atoms with van der Waals surface area (Å²) in [7, 11) is 0. The van der Waals surface area contributed by atoms with Gasteiger partial charge in [-0.25, -0.2) is 9.18 Å². The van der Waals surface area contributed by atoms with Crippen molar-refractivity contribution in [1.29, 1.82) is 0 Å². The molecule has 5 heteroatoms. The molecule has 1 aromatic carbocycles. The first-order valence-electron chi connectivity index (χ1n) is 7.06. The Kier molecular flexibility index (Phi) is 4.47. The van der Waals surface area contributed by atoms with Gasteiger partial charge >= 0.3 is 5.97 Å². The number of carboxylic acid groups (broad SMARTS) is 1. The van der Waals surface area contributed by atoms with Gasteiger partial charge in [0.05, 0.1) is 11.3 Å². The van der Waals surface area contributed by atoms with Crippen molar-refractivity contribution in [2.75, 3.05) is 11.1 Å². The highest BCUT2D eigenvalue weighted by Crippen LogP contribution is 2.28. The highest BCUT2D eigenvalue weighted by Gasteiger charge is 2.19. The lowest BCUT2D eigenvalue weighted by Gasteiger charge is -2.19. The number of anilines is 2. The highest BCUT2D eigenvalue weighted by molar-refractivity contribution is 5.94. The molecule has 0 aliphatic heterocycles. The van der Waals surface area contributed by atoms with Gasteiger partial charge in [0.2, 0.25) is 0 Å². The van der Waals surface area contributed by atoms with Gasteiger partial charge in [0, 0.05) is 11.7 Å². The van der Waals surface area contributed by atoms with Crippen LogP contribution < -0.4 is 11.1 Å². The molecule has 2 atom stereocenters. The molecule has 1 aliphatic carbocycles. The predicted molar refractivity (Wildman–Crippen MR) is 77.4 cm³/mol. The average Bonchev–Trinajstić information content (AvgIpc) is 2.57. The molecular formula is C15H21FN2O2. The SMILES string of the molecule is CC1CCCC(Nc2cc(C(=O)O)c(N)cc2F)CC1. The summed E-state index contributed by atoms with van der Waals surface area (Å²) in [5, 5.41) is 12.2. The number of nitrogens with one attached hydrogen (secondary N) is 1. The maximum Gasteiger partial charge on any atom is 0.337 e. The van der Waals surface area contributed by atoms with Crippen LogP contribution in [0.1, 0.15) is 49.4 Å². The summed E-state index contributed by atoms with van der Waals surface area (Å²) in [5.74, 6) is -0.933. The van der Waals surface area contributed by atoms with Crippen molar-refractivity contribution in [3.63, 3.8) is 0 Å². The quantitative estimate of drug-likeness (QED) is 0.585. The fourth-order valence-corrected chi connectivity index (χ4v) is 2.74. The summed E-state index contributed by atoms with van der Waals surface area (Å²) < 4.78 is 13.9. The van der Waals surface area contributed by atoms with Crippen LogP contribution in [0.2, 0.25) is 0 Å².